The van der Waals surface area contributed by atoms with E-state index < -0.39 is 6.10 Å². The van der Waals surface area contributed by atoms with E-state index in [9.17, 15) is 9.90 Å². The first-order chi connectivity index (χ1) is 9.45. The Labute approximate surface area is 127 Å². The van der Waals surface area contributed by atoms with Crippen LogP contribution in [0.25, 0.3) is 0 Å². The number of aliphatic hydroxyl groups excluding tert-OH is 1. The molecule has 0 bridgehead atoms. The largest absolute Gasteiger partial charge is 0.383 e. The normalized spacial score (nSPS) is 17.3. The molecule has 1 atom stereocenters. The lowest BCUT2D eigenvalue weighted by atomic mass is 10.1. The molecule has 1 aromatic carbocycles. The van der Waals surface area contributed by atoms with Crippen molar-refractivity contribution in [3.8, 4) is 0 Å². The van der Waals surface area contributed by atoms with Gasteiger partial charge in [-0.3, -0.25) is 4.79 Å². The zero-order valence-electron chi connectivity index (χ0n) is 11.8. The van der Waals surface area contributed by atoms with Gasteiger partial charge in [0.05, 0.1) is 12.3 Å². The maximum Gasteiger partial charge on any atom is 0.257 e. The average molecular weight is 343 g/mol. The number of amides is 1. The SMILES string of the molecule is COCCN(c1cc2c(cc1Br)C(O)C(=O)N2)C(C)C. The molecule has 1 heterocycles. The minimum Gasteiger partial charge on any atom is -0.383 e. The van der Waals surface area contributed by atoms with Crippen LogP contribution in [0.15, 0.2) is 16.6 Å². The highest BCUT2D eigenvalue weighted by Crippen LogP contribution is 2.39. The van der Waals surface area contributed by atoms with Gasteiger partial charge in [0, 0.05) is 35.4 Å². The fourth-order valence-corrected chi connectivity index (χ4v) is 2.91. The minimum absolute atomic E-state index is 0.293. The van der Waals surface area contributed by atoms with E-state index in [4.69, 9.17) is 4.74 Å². The molecule has 0 radical (unpaired) electrons. The summed E-state index contributed by atoms with van der Waals surface area (Å²) in [6.45, 7) is 5.57. The van der Waals surface area contributed by atoms with Crippen molar-refractivity contribution in [2.24, 2.45) is 0 Å². The number of ether oxygens (including phenoxy) is 1. The van der Waals surface area contributed by atoms with Crippen molar-refractivity contribution in [3.05, 3.63) is 22.2 Å². The van der Waals surface area contributed by atoms with Crippen LogP contribution < -0.4 is 10.2 Å². The Morgan fingerprint density at radius 3 is 2.80 bits per heavy atom. The highest BCUT2D eigenvalue weighted by atomic mass is 79.9. The summed E-state index contributed by atoms with van der Waals surface area (Å²) in [5.74, 6) is -0.378. The molecule has 1 aliphatic rings. The summed E-state index contributed by atoms with van der Waals surface area (Å²) in [5, 5.41) is 12.5. The lowest BCUT2D eigenvalue weighted by Crippen LogP contribution is -2.34. The first-order valence-corrected chi connectivity index (χ1v) is 7.33. The number of hydrogen-bond donors (Lipinski definition) is 2. The van der Waals surface area contributed by atoms with E-state index in [1.54, 1.807) is 13.2 Å². The first-order valence-electron chi connectivity index (χ1n) is 6.53. The highest BCUT2D eigenvalue weighted by molar-refractivity contribution is 9.10. The number of halogens is 1. The van der Waals surface area contributed by atoms with Gasteiger partial charge in [-0.25, -0.2) is 0 Å². The Morgan fingerprint density at radius 1 is 1.50 bits per heavy atom. The number of nitrogens with one attached hydrogen (secondary N) is 1. The Bertz CT molecular complexity index is 519. The van der Waals surface area contributed by atoms with E-state index in [1.807, 2.05) is 6.07 Å². The molecule has 0 aliphatic carbocycles. The number of aliphatic hydroxyl groups is 1. The van der Waals surface area contributed by atoms with Crippen molar-refractivity contribution in [1.29, 1.82) is 0 Å². The Morgan fingerprint density at radius 2 is 2.20 bits per heavy atom. The fraction of sp³-hybridized carbons (Fsp3) is 0.500. The second-order valence-electron chi connectivity index (χ2n) is 5.06. The molecule has 1 aliphatic heterocycles. The lowest BCUT2D eigenvalue weighted by Gasteiger charge is -2.30. The van der Waals surface area contributed by atoms with Gasteiger partial charge in [0.15, 0.2) is 6.10 Å². The van der Waals surface area contributed by atoms with Crippen molar-refractivity contribution >= 4 is 33.2 Å². The van der Waals surface area contributed by atoms with E-state index in [2.05, 4.69) is 40.0 Å². The third-order valence-corrected chi connectivity index (χ3v) is 4.02. The van der Waals surface area contributed by atoms with Crippen molar-refractivity contribution in [2.45, 2.75) is 26.0 Å². The number of fused-ring (bicyclic) bond motifs is 1. The highest BCUT2D eigenvalue weighted by Gasteiger charge is 2.30. The second-order valence-corrected chi connectivity index (χ2v) is 5.92. The predicted octanol–water partition coefficient (Wildman–Crippen LogP) is 2.30. The molecule has 1 unspecified atom stereocenters. The molecule has 1 aromatic rings. The van der Waals surface area contributed by atoms with Gasteiger partial charge < -0.3 is 20.1 Å². The zero-order chi connectivity index (χ0) is 14.9. The average Bonchev–Trinajstić information content (AvgIpc) is 2.66. The maximum atomic E-state index is 11.5. The maximum absolute atomic E-state index is 11.5. The first kappa shape index (κ1) is 15.3. The zero-order valence-corrected chi connectivity index (χ0v) is 13.4. The molecule has 0 saturated heterocycles. The fourth-order valence-electron chi connectivity index (χ4n) is 2.32. The topological polar surface area (TPSA) is 61.8 Å². The monoisotopic (exact) mass is 342 g/mol. The van der Waals surface area contributed by atoms with E-state index in [1.165, 1.54) is 0 Å². The van der Waals surface area contributed by atoms with Gasteiger partial charge in [-0.15, -0.1) is 0 Å². The molecule has 0 spiro atoms. The summed E-state index contributed by atoms with van der Waals surface area (Å²) < 4.78 is 6.00. The summed E-state index contributed by atoms with van der Waals surface area (Å²) in [6.07, 6.45) is -1.08. The molecular weight excluding hydrogens is 324 g/mol. The summed E-state index contributed by atoms with van der Waals surface area (Å²) in [6, 6.07) is 3.99. The predicted molar refractivity (Wildman–Crippen MR) is 82.1 cm³/mol. The Balaban J connectivity index is 2.37. The summed E-state index contributed by atoms with van der Waals surface area (Å²) >= 11 is 3.53. The number of anilines is 2. The molecule has 0 aromatic heterocycles. The molecule has 0 fully saturated rings. The molecular formula is C14H19BrN2O3. The van der Waals surface area contributed by atoms with Gasteiger partial charge in [0.2, 0.25) is 0 Å². The third kappa shape index (κ3) is 2.82. The summed E-state index contributed by atoms with van der Waals surface area (Å²) in [7, 11) is 1.67. The second kappa shape index (κ2) is 6.11. The van der Waals surface area contributed by atoms with Crippen molar-refractivity contribution in [2.75, 3.05) is 30.5 Å². The quantitative estimate of drug-likeness (QED) is 0.861. The van der Waals surface area contributed by atoms with Gasteiger partial charge in [0.1, 0.15) is 0 Å². The van der Waals surface area contributed by atoms with Crippen LogP contribution in [0.1, 0.15) is 25.5 Å². The molecule has 0 saturated carbocycles. The molecule has 2 rings (SSSR count). The van der Waals surface area contributed by atoms with Crippen molar-refractivity contribution in [1.82, 2.24) is 0 Å². The number of carbonyl (C=O) groups is 1. The van der Waals surface area contributed by atoms with Crippen LogP contribution in [0.4, 0.5) is 11.4 Å². The van der Waals surface area contributed by atoms with Gasteiger partial charge in [-0.1, -0.05) is 0 Å². The van der Waals surface area contributed by atoms with Crippen LogP contribution in [0.5, 0.6) is 0 Å². The van der Waals surface area contributed by atoms with Crippen LogP contribution >= 0.6 is 15.9 Å². The number of rotatable bonds is 5. The third-order valence-electron chi connectivity index (χ3n) is 3.39. The number of carbonyl (C=O) groups excluding carboxylic acids is 1. The van der Waals surface area contributed by atoms with Gasteiger partial charge >= 0.3 is 0 Å². The Hall–Kier alpha value is -1.11. The van der Waals surface area contributed by atoms with E-state index >= 15 is 0 Å². The van der Waals surface area contributed by atoms with Gasteiger partial charge in [-0.2, -0.15) is 0 Å². The number of benzene rings is 1. The van der Waals surface area contributed by atoms with Crippen molar-refractivity contribution < 1.29 is 14.6 Å². The van der Waals surface area contributed by atoms with Crippen LogP contribution in [-0.4, -0.2) is 37.3 Å². The van der Waals surface area contributed by atoms with Crippen LogP contribution in [-0.2, 0) is 9.53 Å². The molecule has 2 N–H and O–H groups in total. The van der Waals surface area contributed by atoms with Gasteiger partial charge in [0.25, 0.3) is 5.91 Å². The summed E-state index contributed by atoms with van der Waals surface area (Å²) in [5.41, 5.74) is 2.26. The van der Waals surface area contributed by atoms with E-state index in [-0.39, 0.29) is 5.91 Å². The molecule has 5 nitrogen and oxygen atoms in total. The van der Waals surface area contributed by atoms with Crippen LogP contribution in [0, 0.1) is 0 Å². The standard InChI is InChI=1S/C14H19BrN2O3/c1-8(2)17(4-5-20-3)12-7-11-9(6-10(12)15)13(18)14(19)16-11/h6-8,13,18H,4-5H2,1-3H3,(H,16,19). The molecule has 6 heteroatoms. The van der Waals surface area contributed by atoms with Crippen molar-refractivity contribution in [3.63, 3.8) is 0 Å². The van der Waals surface area contributed by atoms with Crippen LogP contribution in [0.3, 0.4) is 0 Å². The number of hydrogen-bond acceptors (Lipinski definition) is 4. The Kier molecular flexibility index (Phi) is 4.67. The smallest absolute Gasteiger partial charge is 0.257 e. The minimum atomic E-state index is -1.08. The molecule has 20 heavy (non-hydrogen) atoms. The number of methoxy groups -OCH3 is 1. The molecule has 1 amide bonds. The molecule has 110 valence electrons. The van der Waals surface area contributed by atoms with E-state index in [0.717, 1.165) is 16.7 Å². The number of nitrogens with zero attached hydrogens (tertiary/aromatic N) is 1. The van der Waals surface area contributed by atoms with Gasteiger partial charge in [-0.05, 0) is 41.9 Å². The van der Waals surface area contributed by atoms with E-state index in [0.29, 0.717) is 23.9 Å². The lowest BCUT2D eigenvalue weighted by molar-refractivity contribution is -0.123. The van der Waals surface area contributed by atoms with Crippen LogP contribution in [0.2, 0.25) is 0 Å². The summed E-state index contributed by atoms with van der Waals surface area (Å²) in [4.78, 5) is 13.7.